The first-order valence-electron chi connectivity index (χ1n) is 10.9. The van der Waals surface area contributed by atoms with Gasteiger partial charge in [0, 0.05) is 23.2 Å². The number of fused-ring (bicyclic) bond motifs is 1. The van der Waals surface area contributed by atoms with Gasteiger partial charge >= 0.3 is 12.3 Å². The van der Waals surface area contributed by atoms with Gasteiger partial charge in [-0.25, -0.2) is 14.2 Å². The Labute approximate surface area is 198 Å². The average molecular weight is 495 g/mol. The number of hydrogen-bond acceptors (Lipinski definition) is 5. The molecule has 0 bridgehead atoms. The Morgan fingerprint density at radius 1 is 1.21 bits per heavy atom. The number of benzene rings is 1. The highest BCUT2D eigenvalue weighted by molar-refractivity contribution is 7.99. The first-order valence-corrected chi connectivity index (χ1v) is 12.0. The van der Waals surface area contributed by atoms with E-state index in [1.54, 1.807) is 32.0 Å². The van der Waals surface area contributed by atoms with Crippen molar-refractivity contribution in [2.75, 3.05) is 11.5 Å². The molecule has 1 saturated heterocycles. The van der Waals surface area contributed by atoms with Gasteiger partial charge in [0.25, 0.3) is 5.91 Å². The molecule has 2 aromatic heterocycles. The Hall–Kier alpha value is -2.95. The van der Waals surface area contributed by atoms with Gasteiger partial charge in [-0.05, 0) is 63.3 Å². The zero-order chi connectivity index (χ0) is 24.6. The molecule has 0 saturated carbocycles. The third-order valence-electron chi connectivity index (χ3n) is 5.92. The molecule has 11 heteroatoms. The summed E-state index contributed by atoms with van der Waals surface area (Å²) in [5, 5.41) is 3.11. The second kappa shape index (κ2) is 9.36. The van der Waals surface area contributed by atoms with Crippen molar-refractivity contribution in [1.29, 1.82) is 0 Å². The molecule has 34 heavy (non-hydrogen) atoms. The summed E-state index contributed by atoms with van der Waals surface area (Å²) >= 11 is 1.86. The van der Waals surface area contributed by atoms with Gasteiger partial charge < -0.3 is 10.1 Å². The SMILES string of the molecule is CC(C)n1c(=O)n(-c2cc(OC(F)F)ncc2F)c2ccc(C(=O)NC3(C)CCSCC3)cc21. The molecule has 0 radical (unpaired) electrons. The molecule has 1 aromatic carbocycles. The minimum atomic E-state index is -3.15. The van der Waals surface area contributed by atoms with Crippen LogP contribution in [0.5, 0.6) is 5.88 Å². The van der Waals surface area contributed by atoms with Gasteiger partial charge in [-0.15, -0.1) is 0 Å². The Morgan fingerprint density at radius 2 is 1.91 bits per heavy atom. The molecule has 0 spiro atoms. The van der Waals surface area contributed by atoms with E-state index >= 15 is 0 Å². The van der Waals surface area contributed by atoms with Gasteiger partial charge in [0.1, 0.15) is 0 Å². The number of halogens is 3. The number of hydrogen-bond donors (Lipinski definition) is 1. The molecule has 182 valence electrons. The van der Waals surface area contributed by atoms with E-state index in [-0.39, 0.29) is 23.2 Å². The largest absolute Gasteiger partial charge is 0.417 e. The van der Waals surface area contributed by atoms with E-state index in [4.69, 9.17) is 0 Å². The van der Waals surface area contributed by atoms with Gasteiger partial charge in [0.15, 0.2) is 5.82 Å². The third-order valence-corrected chi connectivity index (χ3v) is 6.91. The predicted molar refractivity (Wildman–Crippen MR) is 125 cm³/mol. The lowest BCUT2D eigenvalue weighted by atomic mass is 9.94. The quantitative estimate of drug-likeness (QED) is 0.545. The number of carbonyl (C=O) groups is 1. The van der Waals surface area contributed by atoms with Gasteiger partial charge in [0.05, 0.1) is 22.9 Å². The highest BCUT2D eigenvalue weighted by Crippen LogP contribution is 2.28. The van der Waals surface area contributed by atoms with Crippen molar-refractivity contribution in [3.8, 4) is 11.6 Å². The van der Waals surface area contributed by atoms with E-state index in [0.717, 1.165) is 41.2 Å². The molecule has 1 amide bonds. The van der Waals surface area contributed by atoms with E-state index in [9.17, 15) is 22.8 Å². The highest BCUT2D eigenvalue weighted by atomic mass is 32.2. The van der Waals surface area contributed by atoms with Crippen molar-refractivity contribution < 1.29 is 22.7 Å². The van der Waals surface area contributed by atoms with Crippen molar-refractivity contribution in [3.05, 3.63) is 52.3 Å². The van der Waals surface area contributed by atoms with Crippen molar-refractivity contribution in [2.45, 2.75) is 51.8 Å². The van der Waals surface area contributed by atoms with Crippen molar-refractivity contribution in [2.24, 2.45) is 0 Å². The zero-order valence-electron chi connectivity index (χ0n) is 19.0. The molecule has 1 aliphatic rings. The second-order valence-corrected chi connectivity index (χ2v) is 9.99. The number of pyridine rings is 1. The van der Waals surface area contributed by atoms with Gasteiger partial charge in [-0.2, -0.15) is 20.5 Å². The lowest BCUT2D eigenvalue weighted by Crippen LogP contribution is -2.48. The summed E-state index contributed by atoms with van der Waals surface area (Å²) in [6, 6.07) is 5.35. The van der Waals surface area contributed by atoms with Crippen molar-refractivity contribution in [3.63, 3.8) is 0 Å². The molecule has 0 aliphatic carbocycles. The number of rotatable bonds is 6. The maximum Gasteiger partial charge on any atom is 0.388 e. The minimum Gasteiger partial charge on any atom is -0.417 e. The molecule has 0 unspecified atom stereocenters. The van der Waals surface area contributed by atoms with Crippen LogP contribution in [0.25, 0.3) is 16.7 Å². The van der Waals surface area contributed by atoms with Crippen LogP contribution in [0, 0.1) is 5.82 Å². The first kappa shape index (κ1) is 24.2. The smallest absolute Gasteiger partial charge is 0.388 e. The maximum atomic E-state index is 14.7. The van der Waals surface area contributed by atoms with Crippen LogP contribution in [0.15, 0.2) is 35.3 Å². The minimum absolute atomic E-state index is 0.255. The topological polar surface area (TPSA) is 78.2 Å². The number of amides is 1. The summed E-state index contributed by atoms with van der Waals surface area (Å²) in [6.45, 7) is 2.44. The Morgan fingerprint density at radius 3 is 2.56 bits per heavy atom. The van der Waals surface area contributed by atoms with Crippen molar-refractivity contribution in [1.82, 2.24) is 19.4 Å². The molecule has 1 fully saturated rings. The molecular formula is C23H25F3N4O3S. The summed E-state index contributed by atoms with van der Waals surface area (Å²) in [7, 11) is 0. The van der Waals surface area contributed by atoms with Crippen LogP contribution in [0.3, 0.4) is 0 Å². The van der Waals surface area contributed by atoms with Crippen molar-refractivity contribution >= 4 is 28.7 Å². The van der Waals surface area contributed by atoms with Crippen LogP contribution >= 0.6 is 11.8 Å². The maximum absolute atomic E-state index is 14.7. The van der Waals surface area contributed by atoms with E-state index in [1.807, 2.05) is 18.7 Å². The summed E-state index contributed by atoms with van der Waals surface area (Å²) in [6.07, 6.45) is 2.45. The number of alkyl halides is 2. The number of imidazole rings is 1. The Kier molecular flexibility index (Phi) is 6.66. The van der Waals surface area contributed by atoms with Gasteiger partial charge in [-0.1, -0.05) is 0 Å². The van der Waals surface area contributed by atoms with Crippen LogP contribution in [0.1, 0.15) is 50.0 Å². The van der Waals surface area contributed by atoms with E-state index in [1.165, 1.54) is 4.57 Å². The fraction of sp³-hybridized carbons (Fsp3) is 0.435. The molecule has 3 heterocycles. The monoisotopic (exact) mass is 494 g/mol. The van der Waals surface area contributed by atoms with E-state index in [2.05, 4.69) is 15.0 Å². The standard InChI is InChI=1S/C23H25F3N4O3S/c1-13(2)29-18-10-14(20(31)28-23(3)6-8-34-9-7-23)4-5-16(18)30(22(29)32)17-11-19(33-21(25)26)27-12-15(17)24/h4-5,10-13,21H,6-9H2,1-3H3,(H,28,31). The summed E-state index contributed by atoms with van der Waals surface area (Å²) < 4.78 is 46.8. The third kappa shape index (κ3) is 4.66. The first-order chi connectivity index (χ1) is 16.1. The van der Waals surface area contributed by atoms with Crippen LogP contribution in [-0.2, 0) is 0 Å². The summed E-state index contributed by atoms with van der Waals surface area (Å²) in [5.41, 5.74) is -0.0395. The number of carbonyl (C=O) groups excluding carboxylic acids is 1. The highest BCUT2D eigenvalue weighted by Gasteiger charge is 2.29. The fourth-order valence-corrected chi connectivity index (χ4v) is 5.52. The normalized spacial score (nSPS) is 15.8. The van der Waals surface area contributed by atoms with E-state index < -0.39 is 24.0 Å². The number of thioether (sulfide) groups is 1. The summed E-state index contributed by atoms with van der Waals surface area (Å²) in [5.74, 6) is 0.297. The van der Waals surface area contributed by atoms with E-state index in [0.29, 0.717) is 16.6 Å². The zero-order valence-corrected chi connectivity index (χ0v) is 19.8. The fourth-order valence-electron chi connectivity index (χ4n) is 4.12. The van der Waals surface area contributed by atoms with Gasteiger partial charge in [0.2, 0.25) is 5.88 Å². The Bertz CT molecular complexity index is 1280. The second-order valence-electron chi connectivity index (χ2n) is 8.76. The molecule has 3 aromatic rings. The predicted octanol–water partition coefficient (Wildman–Crippen LogP) is 4.52. The van der Waals surface area contributed by atoms with Crippen LogP contribution in [0.4, 0.5) is 13.2 Å². The lowest BCUT2D eigenvalue weighted by molar-refractivity contribution is -0.0529. The van der Waals surface area contributed by atoms with Crippen LogP contribution in [-0.4, -0.2) is 43.7 Å². The molecule has 1 aliphatic heterocycles. The molecule has 1 N–H and O–H groups in total. The number of nitrogens with zero attached hydrogens (tertiary/aromatic N) is 3. The van der Waals surface area contributed by atoms with Crippen LogP contribution < -0.4 is 15.7 Å². The number of aromatic nitrogens is 3. The molecular weight excluding hydrogens is 469 g/mol. The average Bonchev–Trinajstić information content (AvgIpc) is 3.06. The van der Waals surface area contributed by atoms with Gasteiger partial charge in [-0.3, -0.25) is 13.9 Å². The van der Waals surface area contributed by atoms with Crippen LogP contribution in [0.2, 0.25) is 0 Å². The number of nitrogens with one attached hydrogen (secondary N) is 1. The molecule has 4 rings (SSSR count). The molecule has 7 nitrogen and oxygen atoms in total. The Balaban J connectivity index is 1.81. The summed E-state index contributed by atoms with van der Waals surface area (Å²) in [4.78, 5) is 29.9. The number of ether oxygens (including phenoxy) is 1. The lowest BCUT2D eigenvalue weighted by Gasteiger charge is -2.34. The molecule has 0 atom stereocenters.